The first kappa shape index (κ1) is 38.8. The summed E-state index contributed by atoms with van der Waals surface area (Å²) in [5.41, 5.74) is 19.0. The lowest BCUT2D eigenvalue weighted by atomic mass is 9.61. The number of carbonyl (C=O) groups is 2. The molecule has 316 valence electrons. The summed E-state index contributed by atoms with van der Waals surface area (Å²) in [5.74, 6) is -0.0365. The van der Waals surface area contributed by atoms with Crippen LogP contribution in [0.25, 0.3) is 49.7 Å². The molecule has 0 saturated heterocycles. The molecular formula is C63H47NO2. The van der Waals surface area contributed by atoms with E-state index in [4.69, 9.17) is 0 Å². The van der Waals surface area contributed by atoms with Crippen LogP contribution in [0.2, 0.25) is 0 Å². The molecule has 3 nitrogen and oxygen atoms in total. The van der Waals surface area contributed by atoms with Gasteiger partial charge in [-0.2, -0.15) is 0 Å². The van der Waals surface area contributed by atoms with Crippen LogP contribution in [0.1, 0.15) is 111 Å². The Bertz CT molecular complexity index is 3690. The minimum atomic E-state index is -0.698. The van der Waals surface area contributed by atoms with E-state index in [-0.39, 0.29) is 22.4 Å². The number of aromatic nitrogens is 1. The van der Waals surface area contributed by atoms with Crippen LogP contribution in [0.5, 0.6) is 0 Å². The fourth-order valence-corrected chi connectivity index (χ4v) is 12.6. The normalized spacial score (nSPS) is 17.7. The summed E-state index contributed by atoms with van der Waals surface area (Å²) in [6.07, 6.45) is 8.55. The molecule has 8 aromatic carbocycles. The predicted molar refractivity (Wildman–Crippen MR) is 268 cm³/mol. The smallest absolute Gasteiger partial charge is 0.193 e. The van der Waals surface area contributed by atoms with Gasteiger partial charge >= 0.3 is 0 Å². The summed E-state index contributed by atoms with van der Waals surface area (Å²) < 4.78 is 2.39. The zero-order valence-electron chi connectivity index (χ0n) is 37.6. The van der Waals surface area contributed by atoms with E-state index in [0.717, 1.165) is 51.5 Å². The Kier molecular flexibility index (Phi) is 8.06. The first-order valence-electron chi connectivity index (χ1n) is 23.3. The molecule has 0 bridgehead atoms. The van der Waals surface area contributed by atoms with Gasteiger partial charge in [-0.05, 0) is 123 Å². The molecule has 4 aliphatic rings. The third-order valence-electron chi connectivity index (χ3n) is 15.7. The maximum absolute atomic E-state index is 15.5. The van der Waals surface area contributed by atoms with Crippen LogP contribution in [0.3, 0.4) is 0 Å². The van der Waals surface area contributed by atoms with E-state index in [9.17, 15) is 4.79 Å². The molecule has 3 aliphatic carbocycles. The van der Waals surface area contributed by atoms with Crippen LogP contribution in [0.15, 0.2) is 194 Å². The number of hydrogen-bond donors (Lipinski definition) is 0. The molecule has 0 fully saturated rings. The molecule has 1 atom stereocenters. The van der Waals surface area contributed by atoms with Crippen LogP contribution < -0.4 is 0 Å². The van der Waals surface area contributed by atoms with Crippen molar-refractivity contribution in [2.24, 2.45) is 0 Å². The average Bonchev–Trinajstić information content (AvgIpc) is 3.90. The largest absolute Gasteiger partial charge is 0.309 e. The van der Waals surface area contributed by atoms with Gasteiger partial charge in [0.1, 0.15) is 0 Å². The third-order valence-corrected chi connectivity index (χ3v) is 15.7. The van der Waals surface area contributed by atoms with E-state index in [1.54, 1.807) is 0 Å². The first-order valence-corrected chi connectivity index (χ1v) is 23.3. The molecule has 1 aromatic heterocycles. The predicted octanol–water partition coefficient (Wildman–Crippen LogP) is 14.8. The number of ketones is 2. The SMILES string of the molecule is CC1(C)c2ccccc2-c2ccc(C(=O)c3ccc4c(c3)c3cc(C(=O)c5ccc6c(c5)C(C)(C)c5ccccc5-6)cc5c3n4-c3ccccc3C5(C3=CC=CCC3)c3ccccc3)cc21. The monoisotopic (exact) mass is 849 g/mol. The van der Waals surface area contributed by atoms with Gasteiger partial charge in [-0.25, -0.2) is 0 Å². The van der Waals surface area contributed by atoms with Crippen molar-refractivity contribution in [1.29, 1.82) is 0 Å². The van der Waals surface area contributed by atoms with E-state index in [1.807, 2.05) is 18.2 Å². The highest BCUT2D eigenvalue weighted by atomic mass is 16.1. The number of hydrogen-bond acceptors (Lipinski definition) is 2. The Morgan fingerprint density at radius 2 is 0.985 bits per heavy atom. The second kappa shape index (κ2) is 13.7. The van der Waals surface area contributed by atoms with Gasteiger partial charge < -0.3 is 4.57 Å². The molecule has 3 heteroatoms. The average molecular weight is 850 g/mol. The summed E-state index contributed by atoms with van der Waals surface area (Å²) in [6.45, 7) is 9.02. The molecule has 0 N–H and O–H groups in total. The maximum Gasteiger partial charge on any atom is 0.193 e. The molecular weight excluding hydrogens is 803 g/mol. The van der Waals surface area contributed by atoms with Gasteiger partial charge in [-0.1, -0.05) is 173 Å². The lowest BCUT2D eigenvalue weighted by molar-refractivity contribution is 0.103. The van der Waals surface area contributed by atoms with Gasteiger partial charge in [0.15, 0.2) is 11.6 Å². The molecule has 0 saturated carbocycles. The van der Waals surface area contributed by atoms with Crippen molar-refractivity contribution in [2.45, 2.75) is 56.8 Å². The van der Waals surface area contributed by atoms with Gasteiger partial charge in [-0.15, -0.1) is 0 Å². The zero-order valence-corrected chi connectivity index (χ0v) is 37.6. The fourth-order valence-electron chi connectivity index (χ4n) is 12.6. The van der Waals surface area contributed by atoms with Crippen LogP contribution in [-0.4, -0.2) is 16.1 Å². The summed E-state index contributed by atoms with van der Waals surface area (Å²) in [4.78, 5) is 30.3. The van der Waals surface area contributed by atoms with E-state index in [2.05, 4.69) is 202 Å². The van der Waals surface area contributed by atoms with Crippen molar-refractivity contribution < 1.29 is 9.59 Å². The molecule has 1 aliphatic heterocycles. The van der Waals surface area contributed by atoms with Crippen LogP contribution in [-0.2, 0) is 16.2 Å². The Morgan fingerprint density at radius 3 is 1.62 bits per heavy atom. The Balaban J connectivity index is 1.06. The lowest BCUT2D eigenvalue weighted by Crippen LogP contribution is -2.36. The number of allylic oxidation sites excluding steroid dienone is 4. The quantitative estimate of drug-likeness (QED) is 0.156. The van der Waals surface area contributed by atoms with Crippen LogP contribution >= 0.6 is 0 Å². The van der Waals surface area contributed by atoms with E-state index >= 15 is 4.79 Å². The summed E-state index contributed by atoms with van der Waals surface area (Å²) in [6, 6.07) is 59.9. The number of carbonyl (C=O) groups excluding carboxylic acids is 2. The minimum Gasteiger partial charge on any atom is -0.309 e. The van der Waals surface area contributed by atoms with Gasteiger partial charge in [0, 0.05) is 43.9 Å². The van der Waals surface area contributed by atoms with Crippen molar-refractivity contribution in [3.8, 4) is 27.9 Å². The molecule has 9 aromatic rings. The Labute approximate surface area is 385 Å². The van der Waals surface area contributed by atoms with Gasteiger partial charge in [0.25, 0.3) is 0 Å². The molecule has 66 heavy (non-hydrogen) atoms. The van der Waals surface area contributed by atoms with Gasteiger partial charge in [-0.3, -0.25) is 9.59 Å². The summed E-state index contributed by atoms with van der Waals surface area (Å²) in [5, 5.41) is 1.91. The number of rotatable bonds is 6. The molecule has 1 unspecified atom stereocenters. The Hall–Kier alpha value is -7.62. The van der Waals surface area contributed by atoms with Crippen LogP contribution in [0, 0.1) is 0 Å². The third kappa shape index (κ3) is 5.09. The maximum atomic E-state index is 15.5. The molecule has 0 spiro atoms. The first-order chi connectivity index (χ1) is 32.1. The van der Waals surface area contributed by atoms with Crippen molar-refractivity contribution >= 4 is 33.4 Å². The highest BCUT2D eigenvalue weighted by Gasteiger charge is 2.47. The van der Waals surface area contributed by atoms with Crippen molar-refractivity contribution in [1.82, 2.24) is 4.57 Å². The molecule has 0 amide bonds. The highest BCUT2D eigenvalue weighted by Crippen LogP contribution is 2.57. The number of para-hydroxylation sites is 1. The second-order valence-electron chi connectivity index (χ2n) is 19.8. The van der Waals surface area contributed by atoms with Gasteiger partial charge in [0.2, 0.25) is 0 Å². The number of nitrogens with zero attached hydrogens (tertiary/aromatic N) is 1. The minimum absolute atomic E-state index is 0.0177. The molecule has 0 radical (unpaired) electrons. The van der Waals surface area contributed by atoms with Crippen LogP contribution in [0.4, 0.5) is 0 Å². The standard InChI is InChI=1S/C63H47NO2/c1-61(2)50-23-13-11-21-44(50)46-30-27-39(35-53(46)61)59(65)38-29-32-56-48(33-38)49-34-41(60(66)40-28-31-47-45-22-12-14-24-51(45)62(3,4)54(47)36-40)37-55-58(49)64(56)57-26-16-15-25-52(57)63(55,42-17-7-5-8-18-42)43-19-9-6-10-20-43/h5-9,11-19,21-37H,10,20H2,1-4H3. The topological polar surface area (TPSA) is 39.1 Å². The summed E-state index contributed by atoms with van der Waals surface area (Å²) >= 11 is 0. The Morgan fingerprint density at radius 1 is 0.470 bits per heavy atom. The molecule has 13 rings (SSSR count). The van der Waals surface area contributed by atoms with Crippen molar-refractivity contribution in [2.75, 3.05) is 0 Å². The second-order valence-corrected chi connectivity index (χ2v) is 19.8. The van der Waals surface area contributed by atoms with E-state index in [1.165, 1.54) is 55.6 Å². The fraction of sp³-hybridized carbons (Fsp3) is 0.143. The van der Waals surface area contributed by atoms with Gasteiger partial charge in [0.05, 0.1) is 22.1 Å². The van der Waals surface area contributed by atoms with E-state index < -0.39 is 5.41 Å². The molecule has 2 heterocycles. The summed E-state index contributed by atoms with van der Waals surface area (Å²) in [7, 11) is 0. The van der Waals surface area contributed by atoms with E-state index in [0.29, 0.717) is 22.3 Å². The van der Waals surface area contributed by atoms with Crippen molar-refractivity contribution in [3.63, 3.8) is 0 Å². The zero-order chi connectivity index (χ0) is 44.7. The number of fused-ring (bicyclic) bond motifs is 11. The highest BCUT2D eigenvalue weighted by molar-refractivity contribution is 6.19. The van der Waals surface area contributed by atoms with Crippen molar-refractivity contribution in [3.05, 3.63) is 255 Å². The number of benzene rings is 8. The lowest BCUT2D eigenvalue weighted by Gasteiger charge is -2.43.